The maximum absolute atomic E-state index is 12.4. The van der Waals surface area contributed by atoms with E-state index in [0.717, 1.165) is 25.7 Å². The molecule has 0 unspecified atom stereocenters. The second kappa shape index (κ2) is 8.79. The van der Waals surface area contributed by atoms with E-state index in [2.05, 4.69) is 5.32 Å². The molecule has 2 heterocycles. The SMILES string of the molecule is CS(=O)(=O)N1CCC(C(=O)NCCS(=O)(=O)N2CCCCCC2)CC1. The van der Waals surface area contributed by atoms with Gasteiger partial charge in [0.25, 0.3) is 0 Å². The van der Waals surface area contributed by atoms with E-state index in [4.69, 9.17) is 0 Å². The van der Waals surface area contributed by atoms with Crippen LogP contribution in [0.5, 0.6) is 0 Å². The van der Waals surface area contributed by atoms with Crippen LogP contribution in [-0.2, 0) is 24.8 Å². The number of hydrogen-bond acceptors (Lipinski definition) is 5. The van der Waals surface area contributed by atoms with Crippen molar-refractivity contribution in [3.8, 4) is 0 Å². The standard InChI is InChI=1S/C15H29N3O5S2/c1-24(20,21)17-11-6-14(7-12-17)15(19)16-8-13-25(22,23)18-9-4-2-3-5-10-18/h14H,2-13H2,1H3,(H,16,19). The van der Waals surface area contributed by atoms with E-state index in [1.54, 1.807) is 0 Å². The van der Waals surface area contributed by atoms with Crippen LogP contribution in [0.3, 0.4) is 0 Å². The van der Waals surface area contributed by atoms with E-state index >= 15 is 0 Å². The first-order valence-corrected chi connectivity index (χ1v) is 12.4. The first-order valence-electron chi connectivity index (χ1n) is 8.91. The van der Waals surface area contributed by atoms with Gasteiger partial charge < -0.3 is 5.32 Å². The third kappa shape index (κ3) is 6.19. The number of carbonyl (C=O) groups excluding carboxylic acids is 1. The van der Waals surface area contributed by atoms with Crippen molar-refractivity contribution >= 4 is 26.0 Å². The van der Waals surface area contributed by atoms with Gasteiger partial charge >= 0.3 is 0 Å². The Labute approximate surface area is 151 Å². The van der Waals surface area contributed by atoms with Gasteiger partial charge in [-0.3, -0.25) is 4.79 Å². The van der Waals surface area contributed by atoms with Gasteiger partial charge in [-0.25, -0.2) is 25.4 Å². The average molecular weight is 396 g/mol. The van der Waals surface area contributed by atoms with E-state index in [1.165, 1.54) is 14.9 Å². The number of piperidine rings is 1. The minimum Gasteiger partial charge on any atom is -0.355 e. The highest BCUT2D eigenvalue weighted by molar-refractivity contribution is 7.89. The lowest BCUT2D eigenvalue weighted by atomic mass is 9.97. The van der Waals surface area contributed by atoms with E-state index in [-0.39, 0.29) is 24.1 Å². The minimum atomic E-state index is -3.33. The second-order valence-corrected chi connectivity index (χ2v) is 10.9. The van der Waals surface area contributed by atoms with Gasteiger partial charge in [0.2, 0.25) is 26.0 Å². The summed E-state index contributed by atoms with van der Waals surface area (Å²) < 4.78 is 50.6. The quantitative estimate of drug-likeness (QED) is 0.681. The lowest BCUT2D eigenvalue weighted by Gasteiger charge is -2.29. The molecule has 25 heavy (non-hydrogen) atoms. The van der Waals surface area contributed by atoms with Crippen molar-refractivity contribution in [3.63, 3.8) is 0 Å². The van der Waals surface area contributed by atoms with Crippen molar-refractivity contribution in [2.24, 2.45) is 5.92 Å². The van der Waals surface area contributed by atoms with E-state index in [1.807, 2.05) is 0 Å². The van der Waals surface area contributed by atoms with Crippen LogP contribution in [0.25, 0.3) is 0 Å². The predicted octanol–water partition coefficient (Wildman–Crippen LogP) is -0.0200. The number of nitrogens with zero attached hydrogens (tertiary/aromatic N) is 2. The summed E-state index contributed by atoms with van der Waals surface area (Å²) in [7, 11) is -6.54. The molecule has 0 aromatic carbocycles. The molecular formula is C15H29N3O5S2. The smallest absolute Gasteiger partial charge is 0.223 e. The lowest BCUT2D eigenvalue weighted by molar-refractivity contribution is -0.125. The molecule has 8 nitrogen and oxygen atoms in total. The number of amides is 1. The number of carbonyl (C=O) groups is 1. The van der Waals surface area contributed by atoms with Crippen molar-refractivity contribution in [2.45, 2.75) is 38.5 Å². The number of sulfonamides is 2. The number of nitrogens with one attached hydrogen (secondary N) is 1. The van der Waals surface area contributed by atoms with Crippen molar-refractivity contribution < 1.29 is 21.6 Å². The molecule has 0 aromatic heterocycles. The molecule has 0 radical (unpaired) electrons. The highest BCUT2D eigenvalue weighted by Crippen LogP contribution is 2.19. The molecule has 0 atom stereocenters. The largest absolute Gasteiger partial charge is 0.355 e. The Balaban J connectivity index is 1.75. The van der Waals surface area contributed by atoms with Crippen LogP contribution in [-0.4, -0.2) is 76.1 Å². The minimum absolute atomic E-state index is 0.0824. The zero-order valence-corrected chi connectivity index (χ0v) is 16.4. The number of rotatable bonds is 6. The topological polar surface area (TPSA) is 104 Å². The molecule has 0 aromatic rings. The Morgan fingerprint density at radius 1 is 0.920 bits per heavy atom. The Bertz CT molecular complexity index is 647. The van der Waals surface area contributed by atoms with Crippen molar-refractivity contribution in [1.82, 2.24) is 13.9 Å². The van der Waals surface area contributed by atoms with Crippen LogP contribution in [0.2, 0.25) is 0 Å². The first kappa shape index (κ1) is 20.6. The van der Waals surface area contributed by atoms with Crippen LogP contribution >= 0.6 is 0 Å². The predicted molar refractivity (Wildman–Crippen MR) is 96.0 cm³/mol. The average Bonchev–Trinajstić information content (AvgIpc) is 2.84. The van der Waals surface area contributed by atoms with E-state index in [9.17, 15) is 21.6 Å². The van der Waals surface area contributed by atoms with Crippen LogP contribution in [0.1, 0.15) is 38.5 Å². The van der Waals surface area contributed by atoms with E-state index < -0.39 is 20.0 Å². The summed E-state index contributed by atoms with van der Waals surface area (Å²) in [6.07, 6.45) is 6.02. The van der Waals surface area contributed by atoms with Crippen molar-refractivity contribution in [3.05, 3.63) is 0 Å². The monoisotopic (exact) mass is 395 g/mol. The fraction of sp³-hybridized carbons (Fsp3) is 0.933. The van der Waals surface area contributed by atoms with Crippen molar-refractivity contribution in [1.29, 1.82) is 0 Å². The fourth-order valence-corrected chi connectivity index (χ4v) is 5.65. The maximum atomic E-state index is 12.4. The first-order chi connectivity index (χ1) is 11.7. The molecule has 0 spiro atoms. The second-order valence-electron chi connectivity index (χ2n) is 6.86. The Morgan fingerprint density at radius 3 is 2.00 bits per heavy atom. The van der Waals surface area contributed by atoms with Crippen molar-refractivity contribution in [2.75, 3.05) is 44.7 Å². The van der Waals surface area contributed by atoms with Gasteiger partial charge in [-0.1, -0.05) is 12.8 Å². The van der Waals surface area contributed by atoms with Crippen LogP contribution in [0, 0.1) is 5.92 Å². The molecule has 146 valence electrons. The highest BCUT2D eigenvalue weighted by Gasteiger charge is 2.29. The van der Waals surface area contributed by atoms with Gasteiger partial charge in [0.1, 0.15) is 0 Å². The molecule has 1 N–H and O–H groups in total. The summed E-state index contributed by atoms with van der Waals surface area (Å²) in [5.74, 6) is -0.515. The lowest BCUT2D eigenvalue weighted by Crippen LogP contribution is -2.44. The maximum Gasteiger partial charge on any atom is 0.223 e. The third-order valence-corrected chi connectivity index (χ3v) is 8.09. The molecule has 2 rings (SSSR count). The fourth-order valence-electron chi connectivity index (χ4n) is 3.35. The Morgan fingerprint density at radius 2 is 1.48 bits per heavy atom. The normalized spacial score (nSPS) is 22.4. The zero-order chi connectivity index (χ0) is 18.5. The van der Waals surface area contributed by atoms with Crippen LogP contribution in [0.15, 0.2) is 0 Å². The summed E-state index contributed by atoms with van der Waals surface area (Å²) >= 11 is 0. The van der Waals surface area contributed by atoms with Gasteiger partial charge in [0, 0.05) is 38.6 Å². The molecule has 0 bridgehead atoms. The van der Waals surface area contributed by atoms with Gasteiger partial charge in [-0.05, 0) is 25.7 Å². The summed E-state index contributed by atoms with van der Waals surface area (Å²) in [5.41, 5.74) is 0. The molecule has 2 aliphatic rings. The van der Waals surface area contributed by atoms with Crippen LogP contribution < -0.4 is 5.32 Å². The van der Waals surface area contributed by atoms with Gasteiger partial charge in [-0.15, -0.1) is 0 Å². The molecule has 0 saturated carbocycles. The summed E-state index contributed by atoms with van der Waals surface area (Å²) in [5, 5.41) is 2.70. The highest BCUT2D eigenvalue weighted by atomic mass is 32.2. The molecule has 2 fully saturated rings. The molecule has 0 aliphatic carbocycles. The zero-order valence-electron chi connectivity index (χ0n) is 14.8. The molecule has 2 aliphatic heterocycles. The summed E-state index contributed by atoms with van der Waals surface area (Å²) in [6.45, 7) is 1.91. The number of hydrogen-bond donors (Lipinski definition) is 1. The van der Waals surface area contributed by atoms with Gasteiger partial charge in [-0.2, -0.15) is 0 Å². The van der Waals surface area contributed by atoms with Crippen LogP contribution in [0.4, 0.5) is 0 Å². The molecule has 1 amide bonds. The molecular weight excluding hydrogens is 366 g/mol. The third-order valence-electron chi connectivity index (χ3n) is 4.91. The summed E-state index contributed by atoms with van der Waals surface area (Å²) in [6, 6.07) is 0. The summed E-state index contributed by atoms with van der Waals surface area (Å²) in [4.78, 5) is 12.2. The van der Waals surface area contributed by atoms with E-state index in [0.29, 0.717) is 39.0 Å². The Kier molecular flexibility index (Phi) is 7.24. The molecule has 10 heteroatoms. The van der Waals surface area contributed by atoms with Gasteiger partial charge in [0.05, 0.1) is 12.0 Å². The molecule has 2 saturated heterocycles. The van der Waals surface area contributed by atoms with Gasteiger partial charge in [0.15, 0.2) is 0 Å². The Hall–Kier alpha value is -0.710.